The molecule has 0 bridgehead atoms. The zero-order valence-electron chi connectivity index (χ0n) is 13.5. The lowest BCUT2D eigenvalue weighted by Crippen LogP contribution is -2.35. The molecule has 1 N–H and O–H groups in total. The quantitative estimate of drug-likeness (QED) is 0.646. The Hall–Kier alpha value is -1.32. The first-order valence-electron chi connectivity index (χ1n) is 8.23. The molecular formula is C16H16BrF5N2O2. The second-order valence-electron chi connectivity index (χ2n) is 6.99. The molecular weight excluding hydrogens is 427 g/mol. The van der Waals surface area contributed by atoms with Gasteiger partial charge in [-0.3, -0.25) is 0 Å². The van der Waals surface area contributed by atoms with E-state index in [4.69, 9.17) is 0 Å². The minimum Gasteiger partial charge on any atom is -0.476 e. The summed E-state index contributed by atoms with van der Waals surface area (Å²) in [5.74, 6) is -6.48. The number of aromatic carboxylic acids is 1. The molecule has 2 saturated carbocycles. The second-order valence-corrected chi connectivity index (χ2v) is 7.78. The predicted octanol–water partition coefficient (Wildman–Crippen LogP) is 5.29. The monoisotopic (exact) mass is 442 g/mol. The minimum atomic E-state index is -4.25. The molecule has 2 aliphatic rings. The topological polar surface area (TPSA) is 63.1 Å². The molecule has 1 aromatic rings. The average molecular weight is 443 g/mol. The van der Waals surface area contributed by atoms with Crippen LogP contribution < -0.4 is 0 Å². The van der Waals surface area contributed by atoms with E-state index in [9.17, 15) is 31.9 Å². The highest BCUT2D eigenvalue weighted by molar-refractivity contribution is 9.10. The van der Waals surface area contributed by atoms with Crippen LogP contribution in [0.15, 0.2) is 4.47 Å². The molecule has 144 valence electrons. The number of nitrogens with zero attached hydrogens (tertiary/aromatic N) is 2. The van der Waals surface area contributed by atoms with Crippen LogP contribution in [0.4, 0.5) is 22.0 Å². The van der Waals surface area contributed by atoms with E-state index in [0.717, 1.165) is 0 Å². The molecule has 10 heteroatoms. The van der Waals surface area contributed by atoms with E-state index in [-0.39, 0.29) is 47.6 Å². The van der Waals surface area contributed by atoms with Crippen LogP contribution in [0.1, 0.15) is 72.4 Å². The van der Waals surface area contributed by atoms with Gasteiger partial charge in [0.2, 0.25) is 5.92 Å². The van der Waals surface area contributed by atoms with E-state index >= 15 is 0 Å². The molecule has 2 fully saturated rings. The maximum atomic E-state index is 13.1. The van der Waals surface area contributed by atoms with Crippen LogP contribution >= 0.6 is 15.9 Å². The van der Waals surface area contributed by atoms with Crippen LogP contribution in [0.3, 0.4) is 0 Å². The largest absolute Gasteiger partial charge is 0.476 e. The van der Waals surface area contributed by atoms with Crippen molar-refractivity contribution >= 4 is 21.9 Å². The van der Waals surface area contributed by atoms with Crippen molar-refractivity contribution < 1.29 is 31.9 Å². The molecule has 2 aliphatic carbocycles. The number of halogens is 6. The van der Waals surface area contributed by atoms with Crippen LogP contribution in [-0.4, -0.2) is 33.1 Å². The van der Waals surface area contributed by atoms with Crippen molar-refractivity contribution in [3.05, 3.63) is 21.7 Å². The molecule has 0 radical (unpaired) electrons. The van der Waals surface area contributed by atoms with Gasteiger partial charge in [-0.2, -0.15) is 13.2 Å². The Kier molecular flexibility index (Phi) is 5.00. The van der Waals surface area contributed by atoms with Gasteiger partial charge in [0, 0.05) is 24.7 Å². The summed E-state index contributed by atoms with van der Waals surface area (Å²) in [6.45, 7) is 0. The van der Waals surface area contributed by atoms with Gasteiger partial charge < -0.3 is 5.11 Å². The van der Waals surface area contributed by atoms with Crippen molar-refractivity contribution in [3.8, 4) is 0 Å². The molecule has 26 heavy (non-hydrogen) atoms. The average Bonchev–Trinajstić information content (AvgIpc) is 2.52. The van der Waals surface area contributed by atoms with Crippen molar-refractivity contribution in [2.24, 2.45) is 5.92 Å². The number of aromatic nitrogens is 2. The van der Waals surface area contributed by atoms with Gasteiger partial charge in [-0.05, 0) is 41.6 Å². The van der Waals surface area contributed by atoms with Crippen molar-refractivity contribution in [2.75, 3.05) is 0 Å². The Labute approximate surface area is 154 Å². The van der Waals surface area contributed by atoms with Crippen LogP contribution in [0.2, 0.25) is 0 Å². The third-order valence-corrected chi connectivity index (χ3v) is 5.91. The lowest BCUT2D eigenvalue weighted by Gasteiger charge is -2.35. The van der Waals surface area contributed by atoms with Gasteiger partial charge in [-0.25, -0.2) is 23.5 Å². The Balaban J connectivity index is 1.87. The normalized spacial score (nSPS) is 26.4. The van der Waals surface area contributed by atoms with E-state index in [1.807, 2.05) is 0 Å². The lowest BCUT2D eigenvalue weighted by molar-refractivity contribution is -0.182. The molecule has 0 atom stereocenters. The molecule has 3 rings (SSSR count). The summed E-state index contributed by atoms with van der Waals surface area (Å²) in [5.41, 5.74) is -0.0265. The van der Waals surface area contributed by atoms with Crippen molar-refractivity contribution in [2.45, 2.75) is 62.5 Å². The summed E-state index contributed by atoms with van der Waals surface area (Å²) in [6, 6.07) is 0. The molecule has 0 spiro atoms. The lowest BCUT2D eigenvalue weighted by atomic mass is 9.79. The summed E-state index contributed by atoms with van der Waals surface area (Å²) in [4.78, 5) is 19.6. The van der Waals surface area contributed by atoms with Crippen LogP contribution in [-0.2, 0) is 0 Å². The number of carboxylic acids is 1. The van der Waals surface area contributed by atoms with Crippen molar-refractivity contribution in [1.29, 1.82) is 0 Å². The van der Waals surface area contributed by atoms with E-state index in [2.05, 4.69) is 25.9 Å². The smallest absolute Gasteiger partial charge is 0.391 e. The molecule has 0 saturated heterocycles. The zero-order valence-corrected chi connectivity index (χ0v) is 15.1. The molecule has 0 aromatic carbocycles. The number of hydrogen-bond donors (Lipinski definition) is 1. The Morgan fingerprint density at radius 1 is 1.08 bits per heavy atom. The second kappa shape index (κ2) is 6.69. The fraction of sp³-hybridized carbons (Fsp3) is 0.688. The Bertz CT molecular complexity index is 709. The highest BCUT2D eigenvalue weighted by atomic mass is 79.9. The first-order valence-corrected chi connectivity index (χ1v) is 9.02. The minimum absolute atomic E-state index is 0.0319. The summed E-state index contributed by atoms with van der Waals surface area (Å²) in [5, 5.41) is 9.32. The van der Waals surface area contributed by atoms with Gasteiger partial charge in [-0.15, -0.1) is 0 Å². The summed E-state index contributed by atoms with van der Waals surface area (Å²) >= 11 is 3.14. The van der Waals surface area contributed by atoms with E-state index in [1.165, 1.54) is 0 Å². The summed E-state index contributed by atoms with van der Waals surface area (Å²) < 4.78 is 64.9. The van der Waals surface area contributed by atoms with Gasteiger partial charge in [0.1, 0.15) is 5.82 Å². The summed E-state index contributed by atoms with van der Waals surface area (Å²) in [7, 11) is 0. The Morgan fingerprint density at radius 2 is 1.65 bits per heavy atom. The van der Waals surface area contributed by atoms with E-state index in [1.54, 1.807) is 0 Å². The fourth-order valence-corrected chi connectivity index (χ4v) is 4.29. The first kappa shape index (κ1) is 19.4. The summed E-state index contributed by atoms with van der Waals surface area (Å²) in [6.07, 6.45) is -4.86. The predicted molar refractivity (Wildman–Crippen MR) is 84.4 cm³/mol. The standard InChI is InChI=1S/C16H16BrF5N2O2/c17-10-11(7-1-3-9(4-2-7)16(20,21)22)23-13(24-12(10)14(25)26)8-5-15(18,19)6-8/h7-9H,1-6H2,(H,25,26). The number of hydrogen-bond acceptors (Lipinski definition) is 3. The van der Waals surface area contributed by atoms with Gasteiger partial charge >= 0.3 is 12.1 Å². The van der Waals surface area contributed by atoms with Crippen LogP contribution in [0.5, 0.6) is 0 Å². The van der Waals surface area contributed by atoms with Gasteiger partial charge in [0.25, 0.3) is 0 Å². The van der Waals surface area contributed by atoms with Gasteiger partial charge in [-0.1, -0.05) is 0 Å². The number of rotatable bonds is 3. The van der Waals surface area contributed by atoms with Crippen LogP contribution in [0, 0.1) is 5.92 Å². The van der Waals surface area contributed by atoms with Crippen LogP contribution in [0.25, 0.3) is 0 Å². The Morgan fingerprint density at radius 3 is 2.12 bits per heavy atom. The molecule has 0 unspecified atom stereocenters. The maximum absolute atomic E-state index is 13.1. The van der Waals surface area contributed by atoms with Crippen molar-refractivity contribution in [1.82, 2.24) is 9.97 Å². The number of carbonyl (C=O) groups is 1. The van der Waals surface area contributed by atoms with E-state index in [0.29, 0.717) is 5.69 Å². The van der Waals surface area contributed by atoms with E-state index < -0.39 is 42.7 Å². The molecule has 1 aromatic heterocycles. The number of carboxylic acid groups (broad SMARTS) is 1. The molecule has 0 amide bonds. The highest BCUT2D eigenvalue weighted by Crippen LogP contribution is 2.49. The third-order valence-electron chi connectivity index (χ3n) is 5.13. The number of alkyl halides is 5. The zero-order chi connectivity index (χ0) is 19.3. The molecule has 4 nitrogen and oxygen atoms in total. The third kappa shape index (κ3) is 3.84. The first-order chi connectivity index (χ1) is 12.0. The fourth-order valence-electron chi connectivity index (χ4n) is 3.62. The van der Waals surface area contributed by atoms with Crippen molar-refractivity contribution in [3.63, 3.8) is 0 Å². The molecule has 1 heterocycles. The van der Waals surface area contributed by atoms with Gasteiger partial charge in [0.05, 0.1) is 16.1 Å². The highest BCUT2D eigenvalue weighted by Gasteiger charge is 2.48. The van der Waals surface area contributed by atoms with Gasteiger partial charge in [0.15, 0.2) is 5.69 Å². The maximum Gasteiger partial charge on any atom is 0.391 e. The SMILES string of the molecule is O=C(O)c1nc(C2CC(F)(F)C2)nc(C2CCC(C(F)(F)F)CC2)c1Br. The molecule has 0 aliphatic heterocycles.